The average Bonchev–Trinajstić information content (AvgIpc) is 2.89. The number of hydrogen-bond acceptors (Lipinski definition) is 3. The van der Waals surface area contributed by atoms with Crippen molar-refractivity contribution in [1.29, 1.82) is 0 Å². The lowest BCUT2D eigenvalue weighted by molar-refractivity contribution is -0.117. The Bertz CT molecular complexity index is 297. The minimum atomic E-state index is -0.0360. The molecule has 0 bridgehead atoms. The second-order valence-corrected chi connectivity index (χ2v) is 4.72. The molecule has 4 unspecified atom stereocenters. The molecule has 0 N–H and O–H groups in total. The first-order chi connectivity index (χ1) is 7.34. The van der Waals surface area contributed by atoms with Gasteiger partial charge < -0.3 is 9.47 Å². The van der Waals surface area contributed by atoms with Crippen molar-refractivity contribution >= 4 is 5.78 Å². The summed E-state index contributed by atoms with van der Waals surface area (Å²) in [6, 6.07) is 0. The molecular weight excluding hydrogens is 192 g/mol. The van der Waals surface area contributed by atoms with E-state index in [1.54, 1.807) is 0 Å². The number of ketones is 1. The van der Waals surface area contributed by atoms with E-state index in [0.717, 1.165) is 19.3 Å². The van der Waals surface area contributed by atoms with Gasteiger partial charge >= 0.3 is 0 Å². The van der Waals surface area contributed by atoms with Crippen LogP contribution >= 0.6 is 0 Å². The summed E-state index contributed by atoms with van der Waals surface area (Å²) in [6.45, 7) is 0.645. The van der Waals surface area contributed by atoms with Crippen LogP contribution in [0, 0.1) is 11.8 Å². The number of epoxide rings is 1. The smallest absolute Gasteiger partial charge is 0.185 e. The van der Waals surface area contributed by atoms with Crippen LogP contribution in [0.25, 0.3) is 0 Å². The zero-order valence-corrected chi connectivity index (χ0v) is 8.72. The molecule has 4 atom stereocenters. The zero-order chi connectivity index (χ0) is 10.3. The molecule has 1 aliphatic carbocycles. The van der Waals surface area contributed by atoms with Crippen LogP contribution in [0.15, 0.2) is 12.2 Å². The number of carbonyl (C=O) groups excluding carboxylic acids is 1. The third-order valence-corrected chi connectivity index (χ3v) is 3.69. The Hall–Kier alpha value is -0.670. The molecule has 0 spiro atoms. The van der Waals surface area contributed by atoms with Gasteiger partial charge in [0.05, 0.1) is 6.61 Å². The fraction of sp³-hybridized carbons (Fsp3) is 0.750. The number of rotatable bonds is 0. The summed E-state index contributed by atoms with van der Waals surface area (Å²) in [5, 5.41) is 0. The molecule has 82 valence electrons. The van der Waals surface area contributed by atoms with Crippen LogP contribution in [0.2, 0.25) is 0 Å². The molecule has 3 rings (SSSR count). The maximum absolute atomic E-state index is 11.5. The second kappa shape index (κ2) is 3.72. The van der Waals surface area contributed by atoms with Gasteiger partial charge in [-0.3, -0.25) is 4.79 Å². The van der Waals surface area contributed by atoms with E-state index in [1.807, 2.05) is 0 Å². The number of hydrogen-bond donors (Lipinski definition) is 0. The predicted molar refractivity (Wildman–Crippen MR) is 54.2 cm³/mol. The topological polar surface area (TPSA) is 38.8 Å². The molecule has 0 radical (unpaired) electrons. The largest absolute Gasteiger partial charge is 0.346 e. The summed E-state index contributed by atoms with van der Waals surface area (Å²) in [5.74, 6) is 1.36. The lowest BCUT2D eigenvalue weighted by atomic mass is 9.89. The molecule has 2 fully saturated rings. The Balaban J connectivity index is 1.74. The third kappa shape index (κ3) is 1.86. The average molecular weight is 208 g/mol. The highest BCUT2D eigenvalue weighted by molar-refractivity contribution is 5.81. The first-order valence-electron chi connectivity index (χ1n) is 5.78. The van der Waals surface area contributed by atoms with Crippen molar-refractivity contribution in [2.45, 2.75) is 38.1 Å². The maximum Gasteiger partial charge on any atom is 0.185 e. The first-order valence-corrected chi connectivity index (χ1v) is 5.78. The van der Waals surface area contributed by atoms with Crippen molar-refractivity contribution in [2.24, 2.45) is 11.8 Å². The van der Waals surface area contributed by atoms with Crippen LogP contribution in [-0.4, -0.2) is 24.8 Å². The standard InChI is InChI=1S/C12H16O3/c13-9-6-8-4-2-1-3-5-14-12-11(15-12)10(8)7-9/h1,3,8,10-12H,2,4-7H2. The highest BCUT2D eigenvalue weighted by Gasteiger charge is 2.51. The number of Topliss-reactive ketones (excluding diaryl/α,β-unsaturated/α-hetero) is 1. The summed E-state index contributed by atoms with van der Waals surface area (Å²) < 4.78 is 11.0. The lowest BCUT2D eigenvalue weighted by Gasteiger charge is -2.16. The number of ether oxygens (including phenoxy) is 2. The Morgan fingerprint density at radius 3 is 3.13 bits per heavy atom. The molecule has 1 saturated carbocycles. The minimum absolute atomic E-state index is 0.0360. The normalized spacial score (nSPS) is 44.7. The van der Waals surface area contributed by atoms with E-state index in [0.29, 0.717) is 30.6 Å². The Labute approximate surface area is 89.4 Å². The molecule has 0 amide bonds. The highest BCUT2D eigenvalue weighted by atomic mass is 16.8. The molecule has 3 aliphatic rings. The highest BCUT2D eigenvalue weighted by Crippen LogP contribution is 2.44. The van der Waals surface area contributed by atoms with Crippen LogP contribution in [0.3, 0.4) is 0 Å². The molecule has 3 heteroatoms. The summed E-state index contributed by atoms with van der Waals surface area (Å²) in [4.78, 5) is 11.5. The van der Waals surface area contributed by atoms with Crippen molar-refractivity contribution in [3.8, 4) is 0 Å². The van der Waals surface area contributed by atoms with Crippen molar-refractivity contribution in [3.05, 3.63) is 12.2 Å². The third-order valence-electron chi connectivity index (χ3n) is 3.69. The van der Waals surface area contributed by atoms with Gasteiger partial charge in [0.15, 0.2) is 6.29 Å². The molecule has 0 aromatic heterocycles. The monoisotopic (exact) mass is 208 g/mol. The van der Waals surface area contributed by atoms with E-state index in [2.05, 4.69) is 12.2 Å². The lowest BCUT2D eigenvalue weighted by Crippen LogP contribution is -2.17. The first kappa shape index (κ1) is 9.55. The van der Waals surface area contributed by atoms with Crippen molar-refractivity contribution in [3.63, 3.8) is 0 Å². The van der Waals surface area contributed by atoms with Gasteiger partial charge in [0.25, 0.3) is 0 Å². The maximum atomic E-state index is 11.5. The fourth-order valence-electron chi connectivity index (χ4n) is 2.85. The summed E-state index contributed by atoms with van der Waals surface area (Å²) in [5.41, 5.74) is 0. The van der Waals surface area contributed by atoms with Gasteiger partial charge in [-0.2, -0.15) is 0 Å². The molecule has 0 aromatic carbocycles. The van der Waals surface area contributed by atoms with Crippen molar-refractivity contribution in [2.75, 3.05) is 6.61 Å². The summed E-state index contributed by atoms with van der Waals surface area (Å²) >= 11 is 0. The van der Waals surface area contributed by atoms with Crippen molar-refractivity contribution < 1.29 is 14.3 Å². The predicted octanol–water partition coefficient (Wildman–Crippen LogP) is 1.67. The zero-order valence-electron chi connectivity index (χ0n) is 8.72. The van der Waals surface area contributed by atoms with Crippen LogP contribution in [0.4, 0.5) is 0 Å². The quantitative estimate of drug-likeness (QED) is 0.449. The number of carbonyl (C=O) groups is 1. The van der Waals surface area contributed by atoms with Gasteiger partial charge in [0.1, 0.15) is 11.9 Å². The molecular formula is C12H16O3. The summed E-state index contributed by atoms with van der Waals surface area (Å²) in [7, 11) is 0. The SMILES string of the molecule is O=C1CC2CCC=CCOC3OC3C2C1. The van der Waals surface area contributed by atoms with Crippen LogP contribution < -0.4 is 0 Å². The van der Waals surface area contributed by atoms with Gasteiger partial charge in [-0.25, -0.2) is 0 Å². The van der Waals surface area contributed by atoms with E-state index in [-0.39, 0.29) is 12.4 Å². The Morgan fingerprint density at radius 2 is 2.20 bits per heavy atom. The van der Waals surface area contributed by atoms with Crippen LogP contribution in [0.1, 0.15) is 25.7 Å². The van der Waals surface area contributed by atoms with Gasteiger partial charge in [0, 0.05) is 18.8 Å². The Morgan fingerprint density at radius 1 is 1.27 bits per heavy atom. The van der Waals surface area contributed by atoms with Gasteiger partial charge in [-0.15, -0.1) is 0 Å². The second-order valence-electron chi connectivity index (χ2n) is 4.72. The molecule has 2 heterocycles. The van der Waals surface area contributed by atoms with E-state index < -0.39 is 0 Å². The van der Waals surface area contributed by atoms with Gasteiger partial charge in [-0.05, 0) is 18.8 Å². The van der Waals surface area contributed by atoms with Gasteiger partial charge in [0.2, 0.25) is 0 Å². The van der Waals surface area contributed by atoms with E-state index in [4.69, 9.17) is 9.47 Å². The molecule has 3 nitrogen and oxygen atoms in total. The van der Waals surface area contributed by atoms with Crippen molar-refractivity contribution in [1.82, 2.24) is 0 Å². The summed E-state index contributed by atoms with van der Waals surface area (Å²) in [6.07, 6.45) is 8.02. The molecule has 15 heavy (non-hydrogen) atoms. The van der Waals surface area contributed by atoms with Crippen LogP contribution in [0.5, 0.6) is 0 Å². The van der Waals surface area contributed by atoms with E-state index in [9.17, 15) is 4.79 Å². The van der Waals surface area contributed by atoms with E-state index in [1.165, 1.54) is 0 Å². The van der Waals surface area contributed by atoms with Crippen LogP contribution in [-0.2, 0) is 14.3 Å². The molecule has 1 saturated heterocycles. The Kier molecular flexibility index (Phi) is 2.37. The number of fused-ring (bicyclic) bond motifs is 3. The number of allylic oxidation sites excluding steroid dienone is 1. The molecule has 2 aliphatic heterocycles. The van der Waals surface area contributed by atoms with Gasteiger partial charge in [-0.1, -0.05) is 12.2 Å². The molecule has 0 aromatic rings. The minimum Gasteiger partial charge on any atom is -0.346 e. The fourth-order valence-corrected chi connectivity index (χ4v) is 2.85. The van der Waals surface area contributed by atoms with E-state index >= 15 is 0 Å².